The smallest absolute Gasteiger partial charge is 0.161 e. The van der Waals surface area contributed by atoms with Crippen molar-refractivity contribution in [1.82, 2.24) is 9.78 Å². The van der Waals surface area contributed by atoms with Crippen molar-refractivity contribution in [3.63, 3.8) is 0 Å². The molecule has 0 saturated carbocycles. The van der Waals surface area contributed by atoms with Crippen LogP contribution in [0.1, 0.15) is 18.3 Å². The number of benzene rings is 1. The van der Waals surface area contributed by atoms with Crippen molar-refractivity contribution in [3.8, 4) is 0 Å². The van der Waals surface area contributed by atoms with E-state index >= 15 is 0 Å². The predicted octanol–water partition coefficient (Wildman–Crippen LogP) is 3.67. The van der Waals surface area contributed by atoms with Crippen molar-refractivity contribution in [3.05, 3.63) is 46.0 Å². The summed E-state index contributed by atoms with van der Waals surface area (Å²) >= 11 is 6.14. The summed E-state index contributed by atoms with van der Waals surface area (Å²) in [7, 11) is 1.71. The Labute approximate surface area is 119 Å². The first-order valence-electron chi connectivity index (χ1n) is 6.02. The van der Waals surface area contributed by atoms with Crippen LogP contribution in [0.15, 0.2) is 12.1 Å². The first-order chi connectivity index (χ1) is 9.43. The summed E-state index contributed by atoms with van der Waals surface area (Å²) in [6, 6.07) is 1.27. The van der Waals surface area contributed by atoms with E-state index in [2.05, 4.69) is 10.4 Å². The minimum absolute atomic E-state index is 0.126. The fraction of sp³-hybridized carbons (Fsp3) is 0.308. The van der Waals surface area contributed by atoms with Gasteiger partial charge in [-0.25, -0.2) is 13.2 Å². The minimum Gasteiger partial charge on any atom is -0.377 e. The lowest BCUT2D eigenvalue weighted by atomic mass is 10.2. The van der Waals surface area contributed by atoms with Crippen molar-refractivity contribution in [2.75, 3.05) is 5.32 Å². The summed E-state index contributed by atoms with van der Waals surface area (Å²) in [5, 5.41) is 7.39. The molecular formula is C13H13ClF3N3. The molecule has 3 nitrogen and oxygen atoms in total. The van der Waals surface area contributed by atoms with E-state index in [0.29, 0.717) is 23.2 Å². The van der Waals surface area contributed by atoms with E-state index in [1.54, 1.807) is 11.7 Å². The van der Waals surface area contributed by atoms with Gasteiger partial charge < -0.3 is 5.32 Å². The molecule has 0 radical (unpaired) electrons. The van der Waals surface area contributed by atoms with Gasteiger partial charge in [0.15, 0.2) is 11.6 Å². The molecule has 2 aromatic rings. The number of aryl methyl sites for hydroxylation is 2. The van der Waals surface area contributed by atoms with E-state index in [0.717, 1.165) is 11.8 Å². The van der Waals surface area contributed by atoms with Crippen LogP contribution in [0, 0.1) is 17.5 Å². The molecule has 0 spiro atoms. The van der Waals surface area contributed by atoms with Crippen LogP contribution < -0.4 is 5.32 Å². The van der Waals surface area contributed by atoms with Crippen LogP contribution in [0.3, 0.4) is 0 Å². The van der Waals surface area contributed by atoms with Crippen molar-refractivity contribution >= 4 is 17.3 Å². The molecule has 0 saturated heterocycles. The van der Waals surface area contributed by atoms with Gasteiger partial charge in [-0.15, -0.1) is 0 Å². The Kier molecular flexibility index (Phi) is 4.23. The highest BCUT2D eigenvalue weighted by molar-refractivity contribution is 6.31. The molecule has 0 atom stereocenters. The zero-order chi connectivity index (χ0) is 14.9. The molecule has 20 heavy (non-hydrogen) atoms. The molecule has 0 unspecified atom stereocenters. The fourth-order valence-corrected chi connectivity index (χ4v) is 2.21. The number of rotatable bonds is 4. The molecule has 1 aromatic heterocycles. The molecule has 0 aliphatic carbocycles. The van der Waals surface area contributed by atoms with Gasteiger partial charge in [0.05, 0.1) is 28.6 Å². The summed E-state index contributed by atoms with van der Waals surface area (Å²) in [4.78, 5) is 0. The van der Waals surface area contributed by atoms with E-state index in [1.165, 1.54) is 0 Å². The van der Waals surface area contributed by atoms with Gasteiger partial charge >= 0.3 is 0 Å². The molecule has 0 aliphatic rings. The predicted molar refractivity (Wildman–Crippen MR) is 71.2 cm³/mol. The normalized spacial score (nSPS) is 10.9. The van der Waals surface area contributed by atoms with Crippen molar-refractivity contribution in [2.45, 2.75) is 19.9 Å². The topological polar surface area (TPSA) is 29.9 Å². The van der Waals surface area contributed by atoms with Crippen LogP contribution in [-0.4, -0.2) is 9.78 Å². The van der Waals surface area contributed by atoms with Crippen LogP contribution >= 0.6 is 11.6 Å². The van der Waals surface area contributed by atoms with Crippen LogP contribution in [0.5, 0.6) is 0 Å². The summed E-state index contributed by atoms with van der Waals surface area (Å²) in [6.07, 6.45) is 0.673. The van der Waals surface area contributed by atoms with Gasteiger partial charge in [0.1, 0.15) is 5.82 Å². The lowest BCUT2D eigenvalue weighted by Crippen LogP contribution is -2.07. The fourth-order valence-electron chi connectivity index (χ4n) is 1.85. The number of halogens is 4. The molecule has 1 N–H and O–H groups in total. The van der Waals surface area contributed by atoms with E-state index in [4.69, 9.17) is 11.6 Å². The Hall–Kier alpha value is -1.69. The maximum Gasteiger partial charge on any atom is 0.161 e. The maximum absolute atomic E-state index is 13.5. The standard InChI is InChI=1S/C13H13ClF3N3/c1-3-10-13(14)12(20(2)19-10)6-18-11-5-8(16)7(15)4-9(11)17/h4-5,18H,3,6H2,1-2H3. The highest BCUT2D eigenvalue weighted by atomic mass is 35.5. The van der Waals surface area contributed by atoms with Crippen LogP contribution in [-0.2, 0) is 20.0 Å². The van der Waals surface area contributed by atoms with E-state index in [9.17, 15) is 13.2 Å². The third kappa shape index (κ3) is 2.75. The number of anilines is 1. The number of hydrogen-bond acceptors (Lipinski definition) is 2. The molecule has 0 aliphatic heterocycles. The molecular weight excluding hydrogens is 291 g/mol. The molecule has 0 amide bonds. The van der Waals surface area contributed by atoms with E-state index < -0.39 is 17.5 Å². The monoisotopic (exact) mass is 303 g/mol. The Morgan fingerprint density at radius 3 is 2.45 bits per heavy atom. The third-order valence-corrected chi connectivity index (χ3v) is 3.40. The van der Waals surface area contributed by atoms with Crippen LogP contribution in [0.25, 0.3) is 0 Å². The molecule has 1 aromatic carbocycles. The van der Waals surface area contributed by atoms with Crippen molar-refractivity contribution < 1.29 is 13.2 Å². The minimum atomic E-state index is -1.22. The molecule has 0 bridgehead atoms. The number of aromatic nitrogens is 2. The maximum atomic E-state index is 13.5. The Balaban J connectivity index is 2.21. The number of hydrogen-bond donors (Lipinski definition) is 1. The van der Waals surface area contributed by atoms with Gasteiger partial charge in [-0.05, 0) is 6.42 Å². The lowest BCUT2D eigenvalue weighted by Gasteiger charge is -2.09. The Morgan fingerprint density at radius 1 is 1.20 bits per heavy atom. The summed E-state index contributed by atoms with van der Waals surface area (Å²) in [6.45, 7) is 2.07. The van der Waals surface area contributed by atoms with Gasteiger partial charge in [0, 0.05) is 19.2 Å². The molecule has 7 heteroatoms. The lowest BCUT2D eigenvalue weighted by molar-refractivity contribution is 0.496. The van der Waals surface area contributed by atoms with Gasteiger partial charge in [-0.3, -0.25) is 4.68 Å². The van der Waals surface area contributed by atoms with Gasteiger partial charge in [0.25, 0.3) is 0 Å². The van der Waals surface area contributed by atoms with Crippen molar-refractivity contribution in [2.24, 2.45) is 7.05 Å². The Morgan fingerprint density at radius 2 is 1.85 bits per heavy atom. The second-order valence-corrected chi connectivity index (χ2v) is 4.66. The first kappa shape index (κ1) is 14.7. The zero-order valence-corrected chi connectivity index (χ0v) is 11.7. The SMILES string of the molecule is CCc1nn(C)c(CNc2cc(F)c(F)cc2F)c1Cl. The highest BCUT2D eigenvalue weighted by Crippen LogP contribution is 2.23. The highest BCUT2D eigenvalue weighted by Gasteiger charge is 2.14. The van der Waals surface area contributed by atoms with E-state index in [-0.39, 0.29) is 12.2 Å². The van der Waals surface area contributed by atoms with E-state index in [1.807, 2.05) is 6.92 Å². The third-order valence-electron chi connectivity index (χ3n) is 2.96. The molecule has 108 valence electrons. The zero-order valence-electron chi connectivity index (χ0n) is 11.0. The van der Waals surface area contributed by atoms with Gasteiger partial charge in [-0.2, -0.15) is 5.10 Å². The number of nitrogens with one attached hydrogen (secondary N) is 1. The molecule has 1 heterocycles. The second kappa shape index (κ2) is 5.75. The summed E-state index contributed by atoms with van der Waals surface area (Å²) < 4.78 is 41.0. The van der Waals surface area contributed by atoms with Crippen LogP contribution in [0.4, 0.5) is 18.9 Å². The van der Waals surface area contributed by atoms with Crippen molar-refractivity contribution in [1.29, 1.82) is 0 Å². The average Bonchev–Trinajstić information content (AvgIpc) is 2.67. The molecule has 0 fully saturated rings. The summed E-state index contributed by atoms with van der Waals surface area (Å²) in [5.74, 6) is -3.20. The molecule has 2 rings (SSSR count). The van der Waals surface area contributed by atoms with Gasteiger partial charge in [-0.1, -0.05) is 18.5 Å². The van der Waals surface area contributed by atoms with Crippen LogP contribution in [0.2, 0.25) is 5.02 Å². The average molecular weight is 304 g/mol. The first-order valence-corrected chi connectivity index (χ1v) is 6.40. The van der Waals surface area contributed by atoms with Gasteiger partial charge in [0.2, 0.25) is 0 Å². The number of nitrogens with zero attached hydrogens (tertiary/aromatic N) is 2. The Bertz CT molecular complexity index is 640. The second-order valence-electron chi connectivity index (χ2n) is 4.28. The largest absolute Gasteiger partial charge is 0.377 e. The summed E-state index contributed by atoms with van der Waals surface area (Å²) in [5.41, 5.74) is 1.25. The quantitative estimate of drug-likeness (QED) is 0.874.